The SMILES string of the molecule is COc1cccc(CC(=O)NCCCOc2ccccc2)c1. The van der Waals surface area contributed by atoms with Crippen molar-refractivity contribution in [3.05, 3.63) is 60.2 Å². The minimum absolute atomic E-state index is 0.00737. The summed E-state index contributed by atoms with van der Waals surface area (Å²) in [6.45, 7) is 1.19. The van der Waals surface area contributed by atoms with Gasteiger partial charge in [0.2, 0.25) is 5.91 Å². The molecule has 0 fully saturated rings. The molecule has 22 heavy (non-hydrogen) atoms. The van der Waals surface area contributed by atoms with E-state index < -0.39 is 0 Å². The predicted molar refractivity (Wildman–Crippen MR) is 86.3 cm³/mol. The zero-order valence-electron chi connectivity index (χ0n) is 12.7. The molecule has 2 rings (SSSR count). The van der Waals surface area contributed by atoms with Gasteiger partial charge in [-0.1, -0.05) is 30.3 Å². The van der Waals surface area contributed by atoms with Crippen LogP contribution in [-0.4, -0.2) is 26.2 Å². The first-order chi connectivity index (χ1) is 10.8. The van der Waals surface area contributed by atoms with Gasteiger partial charge in [0.15, 0.2) is 0 Å². The van der Waals surface area contributed by atoms with Crippen LogP contribution in [0.25, 0.3) is 0 Å². The number of methoxy groups -OCH3 is 1. The molecule has 4 heteroatoms. The molecule has 0 spiro atoms. The van der Waals surface area contributed by atoms with Crippen molar-refractivity contribution in [1.29, 1.82) is 0 Å². The smallest absolute Gasteiger partial charge is 0.224 e. The third kappa shape index (κ3) is 5.48. The number of carbonyl (C=O) groups excluding carboxylic acids is 1. The van der Waals surface area contributed by atoms with Gasteiger partial charge in [-0.15, -0.1) is 0 Å². The van der Waals surface area contributed by atoms with Gasteiger partial charge in [-0.25, -0.2) is 0 Å². The summed E-state index contributed by atoms with van der Waals surface area (Å²) in [6.07, 6.45) is 1.13. The Morgan fingerprint density at radius 1 is 1.05 bits per heavy atom. The highest BCUT2D eigenvalue weighted by Gasteiger charge is 2.04. The minimum Gasteiger partial charge on any atom is -0.497 e. The largest absolute Gasteiger partial charge is 0.497 e. The molecule has 2 aromatic rings. The van der Waals surface area contributed by atoms with E-state index in [1.807, 2.05) is 54.6 Å². The predicted octanol–water partition coefficient (Wildman–Crippen LogP) is 2.82. The van der Waals surface area contributed by atoms with Crippen LogP contribution in [0.1, 0.15) is 12.0 Å². The molecule has 116 valence electrons. The van der Waals surface area contributed by atoms with Gasteiger partial charge in [0.05, 0.1) is 20.1 Å². The van der Waals surface area contributed by atoms with Gasteiger partial charge < -0.3 is 14.8 Å². The molecule has 0 heterocycles. The molecule has 0 bridgehead atoms. The standard InChI is InChI=1S/C18H21NO3/c1-21-17-10-5-7-15(13-17)14-18(20)19-11-6-12-22-16-8-3-2-4-9-16/h2-5,7-10,13H,6,11-12,14H2,1H3,(H,19,20). The van der Waals surface area contributed by atoms with E-state index in [2.05, 4.69) is 5.32 Å². The Hall–Kier alpha value is -2.49. The molecule has 0 saturated heterocycles. The minimum atomic E-state index is 0.00737. The van der Waals surface area contributed by atoms with Gasteiger partial charge in [0.25, 0.3) is 0 Å². The lowest BCUT2D eigenvalue weighted by atomic mass is 10.1. The maximum Gasteiger partial charge on any atom is 0.224 e. The van der Waals surface area contributed by atoms with Crippen molar-refractivity contribution in [2.45, 2.75) is 12.8 Å². The van der Waals surface area contributed by atoms with Crippen LogP contribution in [-0.2, 0) is 11.2 Å². The summed E-state index contributed by atoms with van der Waals surface area (Å²) in [7, 11) is 1.62. The molecule has 0 aliphatic carbocycles. The molecular formula is C18H21NO3. The number of para-hydroxylation sites is 1. The van der Waals surface area contributed by atoms with Crippen LogP contribution in [0, 0.1) is 0 Å². The fourth-order valence-corrected chi connectivity index (χ4v) is 2.04. The third-order valence-electron chi connectivity index (χ3n) is 3.15. The van der Waals surface area contributed by atoms with E-state index in [0.29, 0.717) is 19.6 Å². The van der Waals surface area contributed by atoms with Crippen molar-refractivity contribution in [2.24, 2.45) is 0 Å². The highest BCUT2D eigenvalue weighted by molar-refractivity contribution is 5.78. The maximum atomic E-state index is 11.9. The monoisotopic (exact) mass is 299 g/mol. The maximum absolute atomic E-state index is 11.9. The van der Waals surface area contributed by atoms with Crippen LogP contribution in [0.15, 0.2) is 54.6 Å². The number of hydrogen-bond acceptors (Lipinski definition) is 3. The number of ether oxygens (including phenoxy) is 2. The lowest BCUT2D eigenvalue weighted by molar-refractivity contribution is -0.120. The van der Waals surface area contributed by atoms with Gasteiger partial charge >= 0.3 is 0 Å². The molecule has 1 amide bonds. The summed E-state index contributed by atoms with van der Waals surface area (Å²) in [5.74, 6) is 1.62. The number of amides is 1. The molecule has 0 aliphatic heterocycles. The van der Waals surface area contributed by atoms with Gasteiger partial charge in [-0.05, 0) is 36.2 Å². The number of hydrogen-bond donors (Lipinski definition) is 1. The molecule has 1 N–H and O–H groups in total. The van der Waals surface area contributed by atoms with Crippen LogP contribution in [0.4, 0.5) is 0 Å². The van der Waals surface area contributed by atoms with E-state index in [1.165, 1.54) is 0 Å². The van der Waals surface area contributed by atoms with Crippen LogP contribution in [0.3, 0.4) is 0 Å². The Balaban J connectivity index is 1.63. The second-order valence-electron chi connectivity index (χ2n) is 4.89. The molecule has 0 saturated carbocycles. The summed E-state index contributed by atoms with van der Waals surface area (Å²) in [4.78, 5) is 11.9. The zero-order valence-corrected chi connectivity index (χ0v) is 12.7. The molecule has 0 atom stereocenters. The normalized spacial score (nSPS) is 10.0. The first-order valence-electron chi connectivity index (χ1n) is 7.35. The van der Waals surface area contributed by atoms with Crippen LogP contribution in [0.5, 0.6) is 11.5 Å². The second kappa shape index (κ2) is 8.72. The molecule has 0 aliphatic rings. The van der Waals surface area contributed by atoms with E-state index in [4.69, 9.17) is 9.47 Å². The van der Waals surface area contributed by atoms with E-state index in [1.54, 1.807) is 7.11 Å². The Labute approximate surface area is 131 Å². The van der Waals surface area contributed by atoms with Crippen molar-refractivity contribution < 1.29 is 14.3 Å². The van der Waals surface area contributed by atoms with Crippen LogP contribution >= 0.6 is 0 Å². The molecule has 2 aromatic carbocycles. The number of benzene rings is 2. The summed E-state index contributed by atoms with van der Waals surface area (Å²) >= 11 is 0. The Morgan fingerprint density at radius 3 is 2.59 bits per heavy atom. The van der Waals surface area contributed by atoms with Gasteiger partial charge in [-0.3, -0.25) is 4.79 Å². The van der Waals surface area contributed by atoms with Gasteiger partial charge in [0.1, 0.15) is 11.5 Å². The number of carbonyl (C=O) groups is 1. The van der Waals surface area contributed by atoms with E-state index in [9.17, 15) is 4.79 Å². The average molecular weight is 299 g/mol. The Bertz CT molecular complexity index is 584. The lowest BCUT2D eigenvalue weighted by Crippen LogP contribution is -2.27. The first-order valence-corrected chi connectivity index (χ1v) is 7.35. The Kier molecular flexibility index (Phi) is 6.30. The number of nitrogens with one attached hydrogen (secondary N) is 1. The summed E-state index contributed by atoms with van der Waals surface area (Å²) < 4.78 is 10.7. The second-order valence-corrected chi connectivity index (χ2v) is 4.89. The highest BCUT2D eigenvalue weighted by atomic mass is 16.5. The van der Waals surface area contributed by atoms with Crippen LogP contribution < -0.4 is 14.8 Å². The third-order valence-corrected chi connectivity index (χ3v) is 3.15. The van der Waals surface area contributed by atoms with Crippen molar-refractivity contribution in [2.75, 3.05) is 20.3 Å². The first kappa shape index (κ1) is 15.9. The molecule has 0 radical (unpaired) electrons. The van der Waals surface area contributed by atoms with Crippen molar-refractivity contribution in [3.63, 3.8) is 0 Å². The summed E-state index contributed by atoms with van der Waals surface area (Å²) in [5.41, 5.74) is 0.942. The summed E-state index contributed by atoms with van der Waals surface area (Å²) in [6, 6.07) is 17.2. The Morgan fingerprint density at radius 2 is 1.82 bits per heavy atom. The van der Waals surface area contributed by atoms with Crippen molar-refractivity contribution in [3.8, 4) is 11.5 Å². The quantitative estimate of drug-likeness (QED) is 0.763. The summed E-state index contributed by atoms with van der Waals surface area (Å²) in [5, 5.41) is 2.90. The number of rotatable bonds is 8. The molecule has 4 nitrogen and oxygen atoms in total. The lowest BCUT2D eigenvalue weighted by Gasteiger charge is -2.08. The van der Waals surface area contributed by atoms with Crippen molar-refractivity contribution in [1.82, 2.24) is 5.32 Å². The fraction of sp³-hybridized carbons (Fsp3) is 0.278. The van der Waals surface area contributed by atoms with Crippen molar-refractivity contribution >= 4 is 5.91 Å². The highest BCUT2D eigenvalue weighted by Crippen LogP contribution is 2.12. The van der Waals surface area contributed by atoms with Gasteiger partial charge in [-0.2, -0.15) is 0 Å². The van der Waals surface area contributed by atoms with Crippen LogP contribution in [0.2, 0.25) is 0 Å². The molecular weight excluding hydrogens is 278 g/mol. The van der Waals surface area contributed by atoms with E-state index in [-0.39, 0.29) is 5.91 Å². The zero-order chi connectivity index (χ0) is 15.6. The fourth-order valence-electron chi connectivity index (χ4n) is 2.04. The average Bonchev–Trinajstić information content (AvgIpc) is 2.55. The molecule has 0 aromatic heterocycles. The van der Waals surface area contributed by atoms with E-state index in [0.717, 1.165) is 23.5 Å². The van der Waals surface area contributed by atoms with Gasteiger partial charge in [0, 0.05) is 6.54 Å². The topological polar surface area (TPSA) is 47.6 Å². The molecule has 0 unspecified atom stereocenters. The van der Waals surface area contributed by atoms with E-state index >= 15 is 0 Å².